The molecule has 3 N–H and O–H groups in total. The van der Waals surface area contributed by atoms with Gasteiger partial charge >= 0.3 is 0 Å². The predicted molar refractivity (Wildman–Crippen MR) is 81.1 cm³/mol. The first-order valence-electron chi connectivity index (χ1n) is 7.31. The summed E-state index contributed by atoms with van der Waals surface area (Å²) in [4.78, 5) is 0. The summed E-state index contributed by atoms with van der Waals surface area (Å²) in [6, 6.07) is 8.49. The van der Waals surface area contributed by atoms with Gasteiger partial charge < -0.3 is 4.74 Å². The summed E-state index contributed by atoms with van der Waals surface area (Å²) in [5.74, 6) is 7.27. The van der Waals surface area contributed by atoms with Gasteiger partial charge in [0.25, 0.3) is 0 Å². The second kappa shape index (κ2) is 8.94. The van der Waals surface area contributed by atoms with Gasteiger partial charge in [-0.3, -0.25) is 11.3 Å². The van der Waals surface area contributed by atoms with Gasteiger partial charge in [-0.05, 0) is 43.4 Å². The van der Waals surface area contributed by atoms with E-state index in [1.54, 1.807) is 0 Å². The molecule has 2 atom stereocenters. The van der Waals surface area contributed by atoms with Gasteiger partial charge in [0, 0.05) is 6.04 Å². The Morgan fingerprint density at radius 3 is 2.74 bits per heavy atom. The number of benzene rings is 1. The Bertz CT molecular complexity index is 354. The first-order chi connectivity index (χ1) is 9.15. The normalized spacial score (nSPS) is 14.1. The summed E-state index contributed by atoms with van der Waals surface area (Å²) in [7, 11) is 0. The lowest BCUT2D eigenvalue weighted by atomic mass is 9.96. The lowest BCUT2D eigenvalue weighted by Gasteiger charge is -2.20. The molecule has 0 aliphatic carbocycles. The summed E-state index contributed by atoms with van der Waals surface area (Å²) in [5.41, 5.74) is 4.13. The molecule has 0 aromatic heterocycles. The van der Waals surface area contributed by atoms with E-state index in [0.717, 1.165) is 18.6 Å². The molecule has 0 aliphatic rings. The predicted octanol–water partition coefficient (Wildman–Crippen LogP) is 3.42. The summed E-state index contributed by atoms with van der Waals surface area (Å²) >= 11 is 0. The van der Waals surface area contributed by atoms with Crippen LogP contribution in [0.4, 0.5) is 0 Å². The molecule has 3 nitrogen and oxygen atoms in total. The third kappa shape index (κ3) is 6.60. The second-order valence-corrected chi connectivity index (χ2v) is 5.45. The van der Waals surface area contributed by atoms with E-state index >= 15 is 0 Å². The Hall–Kier alpha value is -1.06. The van der Waals surface area contributed by atoms with Crippen molar-refractivity contribution in [2.45, 2.75) is 52.5 Å². The lowest BCUT2D eigenvalue weighted by Crippen LogP contribution is -2.37. The topological polar surface area (TPSA) is 47.3 Å². The minimum absolute atomic E-state index is 0.339. The number of nitrogens with two attached hydrogens (primary N) is 1. The minimum atomic E-state index is 0.339. The van der Waals surface area contributed by atoms with Crippen LogP contribution in [0.25, 0.3) is 0 Å². The fraction of sp³-hybridized carbons (Fsp3) is 0.625. The highest BCUT2D eigenvalue weighted by Gasteiger charge is 2.11. The van der Waals surface area contributed by atoms with Crippen molar-refractivity contribution >= 4 is 0 Å². The van der Waals surface area contributed by atoms with E-state index in [1.807, 2.05) is 12.1 Å². The van der Waals surface area contributed by atoms with E-state index in [-0.39, 0.29) is 0 Å². The van der Waals surface area contributed by atoms with Gasteiger partial charge in [0.05, 0.1) is 6.61 Å². The summed E-state index contributed by atoms with van der Waals surface area (Å²) in [6.07, 6.45) is 4.55. The Morgan fingerprint density at radius 2 is 2.11 bits per heavy atom. The van der Waals surface area contributed by atoms with Crippen LogP contribution in [0.5, 0.6) is 5.75 Å². The zero-order valence-electron chi connectivity index (χ0n) is 12.5. The van der Waals surface area contributed by atoms with Crippen molar-refractivity contribution < 1.29 is 4.74 Å². The van der Waals surface area contributed by atoms with Crippen molar-refractivity contribution in [3.05, 3.63) is 29.8 Å². The summed E-state index contributed by atoms with van der Waals surface area (Å²) in [6.45, 7) is 7.29. The zero-order chi connectivity index (χ0) is 14.1. The lowest BCUT2D eigenvalue weighted by molar-refractivity contribution is 0.268. The van der Waals surface area contributed by atoms with Crippen LogP contribution >= 0.6 is 0 Å². The summed E-state index contributed by atoms with van der Waals surface area (Å²) < 4.78 is 5.77. The van der Waals surface area contributed by atoms with Crippen molar-refractivity contribution in [1.82, 2.24) is 5.43 Å². The fourth-order valence-electron chi connectivity index (χ4n) is 2.39. The van der Waals surface area contributed by atoms with Crippen LogP contribution in [-0.4, -0.2) is 12.6 Å². The van der Waals surface area contributed by atoms with E-state index in [1.165, 1.54) is 18.4 Å². The molecular formula is C16H28N2O. The first kappa shape index (κ1) is 16.0. The van der Waals surface area contributed by atoms with E-state index < -0.39 is 0 Å². The fourth-order valence-corrected chi connectivity index (χ4v) is 2.39. The molecule has 0 saturated carbocycles. The molecule has 108 valence electrons. The Kier molecular flexibility index (Phi) is 7.53. The molecule has 1 aromatic carbocycles. The minimum Gasteiger partial charge on any atom is -0.494 e. The molecular weight excluding hydrogens is 236 g/mol. The zero-order valence-corrected chi connectivity index (χ0v) is 12.5. The number of rotatable bonds is 9. The van der Waals surface area contributed by atoms with Crippen molar-refractivity contribution in [3.8, 4) is 5.75 Å². The molecule has 0 spiro atoms. The van der Waals surface area contributed by atoms with Gasteiger partial charge in [-0.25, -0.2) is 0 Å². The third-order valence-electron chi connectivity index (χ3n) is 3.43. The SMILES string of the molecule is CCCC(C)CC(CCOc1cccc(C)c1)NN. The number of hydrogen-bond donors (Lipinski definition) is 2. The van der Waals surface area contributed by atoms with Crippen molar-refractivity contribution in [3.63, 3.8) is 0 Å². The number of nitrogens with one attached hydrogen (secondary N) is 1. The molecule has 0 amide bonds. The van der Waals surface area contributed by atoms with Crippen LogP contribution in [0.2, 0.25) is 0 Å². The van der Waals surface area contributed by atoms with Gasteiger partial charge in [-0.2, -0.15) is 0 Å². The van der Waals surface area contributed by atoms with Crippen LogP contribution in [0.1, 0.15) is 45.1 Å². The van der Waals surface area contributed by atoms with Crippen molar-refractivity contribution in [1.29, 1.82) is 0 Å². The van der Waals surface area contributed by atoms with Crippen molar-refractivity contribution in [2.24, 2.45) is 11.8 Å². The number of ether oxygens (including phenoxy) is 1. The molecule has 0 fully saturated rings. The van der Waals surface area contributed by atoms with Crippen molar-refractivity contribution in [2.75, 3.05) is 6.61 Å². The van der Waals surface area contributed by atoms with Crippen LogP contribution in [0.3, 0.4) is 0 Å². The van der Waals surface area contributed by atoms with Crippen LogP contribution < -0.4 is 16.0 Å². The molecule has 0 heterocycles. The highest BCUT2D eigenvalue weighted by molar-refractivity contribution is 5.27. The van der Waals surface area contributed by atoms with E-state index in [4.69, 9.17) is 10.6 Å². The van der Waals surface area contributed by atoms with Gasteiger partial charge in [-0.15, -0.1) is 0 Å². The highest BCUT2D eigenvalue weighted by atomic mass is 16.5. The average Bonchev–Trinajstić information content (AvgIpc) is 2.38. The molecule has 1 aromatic rings. The van der Waals surface area contributed by atoms with Crippen LogP contribution in [0, 0.1) is 12.8 Å². The highest BCUT2D eigenvalue weighted by Crippen LogP contribution is 2.16. The molecule has 0 saturated heterocycles. The van der Waals surface area contributed by atoms with Crippen LogP contribution in [-0.2, 0) is 0 Å². The molecule has 0 aliphatic heterocycles. The third-order valence-corrected chi connectivity index (χ3v) is 3.43. The molecule has 0 radical (unpaired) electrons. The average molecular weight is 264 g/mol. The smallest absolute Gasteiger partial charge is 0.119 e. The van der Waals surface area contributed by atoms with Gasteiger partial charge in [0.2, 0.25) is 0 Å². The van der Waals surface area contributed by atoms with E-state index in [2.05, 4.69) is 38.3 Å². The standard InChI is InChI=1S/C16H28N2O/c1-4-6-13(2)11-15(18-17)9-10-19-16-8-5-7-14(3)12-16/h5,7-8,12-13,15,18H,4,6,9-11,17H2,1-3H3. The Morgan fingerprint density at radius 1 is 1.32 bits per heavy atom. The van der Waals surface area contributed by atoms with E-state index in [9.17, 15) is 0 Å². The maximum absolute atomic E-state index is 5.77. The quantitative estimate of drug-likeness (QED) is 0.530. The molecule has 2 unspecified atom stereocenters. The molecule has 0 bridgehead atoms. The Labute approximate surface area is 117 Å². The number of hydrogen-bond acceptors (Lipinski definition) is 3. The molecule has 3 heteroatoms. The van der Waals surface area contributed by atoms with Gasteiger partial charge in [0.1, 0.15) is 5.75 Å². The van der Waals surface area contributed by atoms with Gasteiger partial charge in [-0.1, -0.05) is 38.8 Å². The Balaban J connectivity index is 2.29. The maximum Gasteiger partial charge on any atom is 0.119 e. The van der Waals surface area contributed by atoms with Gasteiger partial charge in [0.15, 0.2) is 0 Å². The number of aryl methyl sites for hydroxylation is 1. The monoisotopic (exact) mass is 264 g/mol. The van der Waals surface area contributed by atoms with Crippen LogP contribution in [0.15, 0.2) is 24.3 Å². The second-order valence-electron chi connectivity index (χ2n) is 5.45. The number of hydrazine groups is 1. The first-order valence-corrected chi connectivity index (χ1v) is 7.31. The molecule has 19 heavy (non-hydrogen) atoms. The largest absolute Gasteiger partial charge is 0.494 e. The maximum atomic E-state index is 5.77. The summed E-state index contributed by atoms with van der Waals surface area (Å²) in [5, 5.41) is 0. The molecule has 1 rings (SSSR count). The van der Waals surface area contributed by atoms with E-state index in [0.29, 0.717) is 18.6 Å².